The zero-order chi connectivity index (χ0) is 16.2. The summed E-state index contributed by atoms with van der Waals surface area (Å²) < 4.78 is 0. The van der Waals surface area contributed by atoms with Crippen LogP contribution < -0.4 is 5.32 Å². The zero-order valence-electron chi connectivity index (χ0n) is 11.9. The maximum Gasteiger partial charge on any atom is 0.230 e. The standard InChI is InChI=1S/C17H12Cl2N2OS/c18-12-6-4-11(5-7-12)17-21-15(10-23-17)9-16(22)20-14-3-1-2-13(19)8-14/h1-8,10H,9H2,(H,20,22). The van der Waals surface area contributed by atoms with E-state index in [1.54, 1.807) is 24.3 Å². The van der Waals surface area contributed by atoms with Crippen molar-refractivity contribution >= 4 is 46.1 Å². The molecule has 3 rings (SSSR count). The number of aromatic nitrogens is 1. The molecule has 0 bridgehead atoms. The van der Waals surface area contributed by atoms with Gasteiger partial charge in [-0.25, -0.2) is 4.98 Å². The summed E-state index contributed by atoms with van der Waals surface area (Å²) >= 11 is 13.3. The molecule has 0 spiro atoms. The Kier molecular flexibility index (Phi) is 4.96. The largest absolute Gasteiger partial charge is 0.326 e. The molecular formula is C17H12Cl2N2OS. The lowest BCUT2D eigenvalue weighted by Crippen LogP contribution is -2.14. The second kappa shape index (κ2) is 7.13. The van der Waals surface area contributed by atoms with Crippen molar-refractivity contribution in [3.05, 3.63) is 69.7 Å². The maximum absolute atomic E-state index is 12.1. The molecule has 6 heteroatoms. The van der Waals surface area contributed by atoms with Crippen molar-refractivity contribution in [2.45, 2.75) is 6.42 Å². The monoisotopic (exact) mass is 362 g/mol. The molecule has 0 fully saturated rings. The van der Waals surface area contributed by atoms with E-state index in [1.165, 1.54) is 11.3 Å². The van der Waals surface area contributed by atoms with Gasteiger partial charge in [0.25, 0.3) is 0 Å². The molecule has 0 radical (unpaired) electrons. The zero-order valence-corrected chi connectivity index (χ0v) is 14.3. The SMILES string of the molecule is O=C(Cc1csc(-c2ccc(Cl)cc2)n1)Nc1cccc(Cl)c1. The van der Waals surface area contributed by atoms with E-state index < -0.39 is 0 Å². The normalized spacial score (nSPS) is 10.5. The van der Waals surface area contributed by atoms with Gasteiger partial charge in [-0.2, -0.15) is 0 Å². The van der Waals surface area contributed by atoms with Gasteiger partial charge in [0.05, 0.1) is 12.1 Å². The van der Waals surface area contributed by atoms with E-state index in [2.05, 4.69) is 10.3 Å². The molecule has 1 aromatic heterocycles. The van der Waals surface area contributed by atoms with Crippen LogP contribution in [0.4, 0.5) is 5.69 Å². The first-order valence-electron chi connectivity index (χ1n) is 6.86. The Morgan fingerprint density at radius 2 is 1.87 bits per heavy atom. The molecule has 0 saturated heterocycles. The van der Waals surface area contributed by atoms with Gasteiger partial charge in [0.15, 0.2) is 0 Å². The summed E-state index contributed by atoms with van der Waals surface area (Å²) in [4.78, 5) is 16.6. The predicted molar refractivity (Wildman–Crippen MR) is 96.3 cm³/mol. The Labute approximate surface area is 147 Å². The van der Waals surface area contributed by atoms with E-state index in [0.29, 0.717) is 15.7 Å². The van der Waals surface area contributed by atoms with Gasteiger partial charge in [-0.15, -0.1) is 11.3 Å². The highest BCUT2D eigenvalue weighted by Gasteiger charge is 2.09. The Balaban J connectivity index is 1.66. The van der Waals surface area contributed by atoms with Crippen LogP contribution in [0.2, 0.25) is 10.0 Å². The summed E-state index contributed by atoms with van der Waals surface area (Å²) in [5, 5.41) is 6.84. The number of hydrogen-bond donors (Lipinski definition) is 1. The first-order valence-corrected chi connectivity index (χ1v) is 8.49. The first-order chi connectivity index (χ1) is 11.1. The van der Waals surface area contributed by atoms with Gasteiger partial charge in [-0.3, -0.25) is 4.79 Å². The van der Waals surface area contributed by atoms with Gasteiger partial charge in [0.2, 0.25) is 5.91 Å². The lowest BCUT2D eigenvalue weighted by atomic mass is 10.2. The number of anilines is 1. The van der Waals surface area contributed by atoms with E-state index in [1.807, 2.05) is 29.6 Å². The minimum absolute atomic E-state index is 0.125. The lowest BCUT2D eigenvalue weighted by Gasteiger charge is -2.04. The first kappa shape index (κ1) is 16.0. The Hall–Kier alpha value is -1.88. The van der Waals surface area contributed by atoms with Crippen LogP contribution in [-0.4, -0.2) is 10.9 Å². The smallest absolute Gasteiger partial charge is 0.230 e. The highest BCUT2D eigenvalue weighted by Crippen LogP contribution is 2.25. The van der Waals surface area contributed by atoms with E-state index in [-0.39, 0.29) is 12.3 Å². The molecule has 0 atom stereocenters. The Morgan fingerprint density at radius 1 is 1.09 bits per heavy atom. The molecule has 0 aliphatic carbocycles. The number of thiazole rings is 1. The molecule has 0 aliphatic heterocycles. The highest BCUT2D eigenvalue weighted by atomic mass is 35.5. The maximum atomic E-state index is 12.1. The molecule has 116 valence electrons. The summed E-state index contributed by atoms with van der Waals surface area (Å²) in [5.41, 5.74) is 2.40. The van der Waals surface area contributed by atoms with E-state index in [9.17, 15) is 4.79 Å². The third-order valence-corrected chi connectivity index (χ3v) is 4.52. The Morgan fingerprint density at radius 3 is 2.61 bits per heavy atom. The van der Waals surface area contributed by atoms with Crippen molar-refractivity contribution in [3.63, 3.8) is 0 Å². The number of nitrogens with one attached hydrogen (secondary N) is 1. The van der Waals surface area contributed by atoms with Crippen molar-refractivity contribution < 1.29 is 4.79 Å². The van der Waals surface area contributed by atoms with E-state index in [4.69, 9.17) is 23.2 Å². The minimum atomic E-state index is -0.125. The van der Waals surface area contributed by atoms with Gasteiger partial charge < -0.3 is 5.32 Å². The van der Waals surface area contributed by atoms with Gasteiger partial charge in [0, 0.05) is 26.7 Å². The van der Waals surface area contributed by atoms with Crippen molar-refractivity contribution in [1.82, 2.24) is 4.98 Å². The fraction of sp³-hybridized carbons (Fsp3) is 0.0588. The molecule has 2 aromatic carbocycles. The number of rotatable bonds is 4. The molecule has 3 nitrogen and oxygen atoms in total. The second-order valence-corrected chi connectivity index (χ2v) is 6.62. The van der Waals surface area contributed by atoms with Crippen LogP contribution in [0.1, 0.15) is 5.69 Å². The predicted octanol–water partition coefficient (Wildman–Crippen LogP) is 5.30. The van der Waals surface area contributed by atoms with Crippen LogP contribution in [0.25, 0.3) is 10.6 Å². The molecule has 1 heterocycles. The third kappa shape index (κ3) is 4.32. The van der Waals surface area contributed by atoms with Crippen LogP contribution in [0, 0.1) is 0 Å². The second-order valence-electron chi connectivity index (χ2n) is 4.89. The summed E-state index contributed by atoms with van der Waals surface area (Å²) in [5.74, 6) is -0.125. The molecule has 0 unspecified atom stereocenters. The summed E-state index contributed by atoms with van der Waals surface area (Å²) in [6, 6.07) is 14.5. The molecule has 0 saturated carbocycles. The molecule has 3 aromatic rings. The number of nitrogens with zero attached hydrogens (tertiary/aromatic N) is 1. The minimum Gasteiger partial charge on any atom is -0.326 e. The summed E-state index contributed by atoms with van der Waals surface area (Å²) in [7, 11) is 0. The van der Waals surface area contributed by atoms with Gasteiger partial charge >= 0.3 is 0 Å². The van der Waals surface area contributed by atoms with Gasteiger partial charge in [-0.05, 0) is 30.3 Å². The van der Waals surface area contributed by atoms with Gasteiger partial charge in [0.1, 0.15) is 5.01 Å². The van der Waals surface area contributed by atoms with Crippen LogP contribution in [0.5, 0.6) is 0 Å². The van der Waals surface area contributed by atoms with Crippen molar-refractivity contribution in [1.29, 1.82) is 0 Å². The van der Waals surface area contributed by atoms with Gasteiger partial charge in [-0.1, -0.05) is 41.4 Å². The van der Waals surface area contributed by atoms with E-state index in [0.717, 1.165) is 16.3 Å². The number of carbonyl (C=O) groups excluding carboxylic acids is 1. The fourth-order valence-corrected chi connectivity index (χ4v) is 3.19. The van der Waals surface area contributed by atoms with Crippen molar-refractivity contribution in [2.24, 2.45) is 0 Å². The summed E-state index contributed by atoms with van der Waals surface area (Å²) in [6.45, 7) is 0. The average Bonchev–Trinajstić information content (AvgIpc) is 2.96. The van der Waals surface area contributed by atoms with Crippen LogP contribution in [-0.2, 0) is 11.2 Å². The highest BCUT2D eigenvalue weighted by molar-refractivity contribution is 7.13. The van der Waals surface area contributed by atoms with Crippen molar-refractivity contribution in [2.75, 3.05) is 5.32 Å². The van der Waals surface area contributed by atoms with Crippen LogP contribution in [0.3, 0.4) is 0 Å². The topological polar surface area (TPSA) is 42.0 Å². The lowest BCUT2D eigenvalue weighted by molar-refractivity contribution is -0.115. The quantitative estimate of drug-likeness (QED) is 0.684. The fourth-order valence-electron chi connectivity index (χ4n) is 2.05. The number of hydrogen-bond acceptors (Lipinski definition) is 3. The van der Waals surface area contributed by atoms with Crippen LogP contribution >= 0.6 is 34.5 Å². The number of carbonyl (C=O) groups is 1. The average molecular weight is 363 g/mol. The molecule has 1 N–H and O–H groups in total. The number of amides is 1. The molecular weight excluding hydrogens is 351 g/mol. The number of benzene rings is 2. The molecule has 23 heavy (non-hydrogen) atoms. The Bertz CT molecular complexity index is 831. The van der Waals surface area contributed by atoms with Crippen molar-refractivity contribution in [3.8, 4) is 10.6 Å². The summed E-state index contributed by atoms with van der Waals surface area (Å²) in [6.07, 6.45) is 0.219. The van der Waals surface area contributed by atoms with Crippen LogP contribution in [0.15, 0.2) is 53.9 Å². The number of halogens is 2. The molecule has 0 aliphatic rings. The third-order valence-electron chi connectivity index (χ3n) is 3.09. The molecule has 1 amide bonds. The van der Waals surface area contributed by atoms with E-state index >= 15 is 0 Å².